The van der Waals surface area contributed by atoms with E-state index in [-0.39, 0.29) is 31.6 Å². The van der Waals surface area contributed by atoms with Crippen LogP contribution in [0.4, 0.5) is 0 Å². The zero-order chi connectivity index (χ0) is 33.6. The van der Waals surface area contributed by atoms with E-state index in [1.54, 1.807) is 0 Å². The van der Waals surface area contributed by atoms with E-state index in [9.17, 15) is 14.7 Å². The molecule has 46 heavy (non-hydrogen) atoms. The highest BCUT2D eigenvalue weighted by Crippen LogP contribution is 2.13. The molecule has 0 aliphatic rings. The molecule has 0 aliphatic heterocycles. The van der Waals surface area contributed by atoms with Crippen molar-refractivity contribution in [3.8, 4) is 0 Å². The van der Waals surface area contributed by atoms with Crippen molar-refractivity contribution in [1.29, 1.82) is 0 Å². The summed E-state index contributed by atoms with van der Waals surface area (Å²) in [5.41, 5.74) is 0. The van der Waals surface area contributed by atoms with Crippen LogP contribution in [0, 0.1) is 0 Å². The molecule has 0 rings (SSSR count). The van der Waals surface area contributed by atoms with E-state index in [2.05, 4.69) is 74.6 Å². The summed E-state index contributed by atoms with van der Waals surface area (Å²) >= 11 is 0. The minimum absolute atomic E-state index is 0.108. The Hall–Kier alpha value is -2.66. The van der Waals surface area contributed by atoms with Gasteiger partial charge in [-0.3, -0.25) is 9.59 Å². The maximum atomic E-state index is 12.1. The van der Waals surface area contributed by atoms with Gasteiger partial charge in [0.2, 0.25) is 0 Å². The van der Waals surface area contributed by atoms with E-state index in [0.29, 0.717) is 12.8 Å². The van der Waals surface area contributed by atoms with Crippen LogP contribution in [0.15, 0.2) is 72.9 Å². The number of hydrogen-bond donors (Lipinski definition) is 1. The van der Waals surface area contributed by atoms with Gasteiger partial charge in [-0.05, 0) is 51.4 Å². The molecule has 0 radical (unpaired) electrons. The standard InChI is InChI=1S/C41H68O5/c1-3-5-7-9-11-13-15-17-18-19-20-21-22-24-25-27-29-31-33-35-40(43)45-38-39(37-42)46-41(44)36-34-32-30-28-26-23-16-14-12-10-8-6-4-2/h5,7,11,13,17-18,20-21,24-25,29,31,39,42H,3-4,6,8-10,12,14-16,19,22-23,26-28,30,32-38H2,1-2H3/b7-5-,13-11+,18-17+,21-20+,25-24+,31-29+/t39-/m0/s1. The van der Waals surface area contributed by atoms with Crippen LogP contribution in [0.3, 0.4) is 0 Å². The average Bonchev–Trinajstić information content (AvgIpc) is 3.06. The lowest BCUT2D eigenvalue weighted by Crippen LogP contribution is -2.28. The number of aliphatic hydroxyl groups is 1. The quantitative estimate of drug-likeness (QED) is 0.0450. The van der Waals surface area contributed by atoms with Crippen LogP contribution >= 0.6 is 0 Å². The van der Waals surface area contributed by atoms with Crippen molar-refractivity contribution in [2.75, 3.05) is 13.2 Å². The summed E-state index contributed by atoms with van der Waals surface area (Å²) in [6, 6.07) is 0. The van der Waals surface area contributed by atoms with Crippen LogP contribution in [0.2, 0.25) is 0 Å². The molecule has 0 bridgehead atoms. The zero-order valence-corrected chi connectivity index (χ0v) is 29.6. The predicted molar refractivity (Wildman–Crippen MR) is 196 cm³/mol. The fraction of sp³-hybridized carbons (Fsp3) is 0.659. The fourth-order valence-corrected chi connectivity index (χ4v) is 4.75. The lowest BCUT2D eigenvalue weighted by Gasteiger charge is -2.15. The molecular weight excluding hydrogens is 572 g/mol. The minimum Gasteiger partial charge on any atom is -0.462 e. The van der Waals surface area contributed by atoms with Crippen LogP contribution in [0.25, 0.3) is 0 Å². The monoisotopic (exact) mass is 641 g/mol. The molecule has 0 saturated carbocycles. The molecule has 0 aromatic heterocycles. The van der Waals surface area contributed by atoms with Crippen LogP contribution in [0.1, 0.15) is 155 Å². The Balaban J connectivity index is 3.73. The molecule has 0 spiro atoms. The van der Waals surface area contributed by atoms with E-state index < -0.39 is 6.10 Å². The fourth-order valence-electron chi connectivity index (χ4n) is 4.75. The highest BCUT2D eigenvalue weighted by atomic mass is 16.6. The van der Waals surface area contributed by atoms with Gasteiger partial charge < -0.3 is 14.6 Å². The van der Waals surface area contributed by atoms with E-state index in [4.69, 9.17) is 9.47 Å². The number of ether oxygens (including phenoxy) is 2. The zero-order valence-electron chi connectivity index (χ0n) is 29.6. The lowest BCUT2D eigenvalue weighted by atomic mass is 10.0. The van der Waals surface area contributed by atoms with Crippen molar-refractivity contribution in [2.45, 2.75) is 161 Å². The van der Waals surface area contributed by atoms with Crippen molar-refractivity contribution >= 4 is 11.9 Å². The second-order valence-corrected chi connectivity index (χ2v) is 11.9. The molecule has 0 fully saturated rings. The van der Waals surface area contributed by atoms with Crippen molar-refractivity contribution in [3.63, 3.8) is 0 Å². The van der Waals surface area contributed by atoms with Gasteiger partial charge in [-0.2, -0.15) is 0 Å². The Morgan fingerprint density at radius 1 is 0.522 bits per heavy atom. The molecule has 0 amide bonds. The highest BCUT2D eigenvalue weighted by molar-refractivity contribution is 5.70. The first-order valence-electron chi connectivity index (χ1n) is 18.5. The molecule has 262 valence electrons. The summed E-state index contributed by atoms with van der Waals surface area (Å²) in [5, 5.41) is 9.52. The first-order chi connectivity index (χ1) is 22.6. The van der Waals surface area contributed by atoms with Gasteiger partial charge in [0.25, 0.3) is 0 Å². The molecule has 0 unspecified atom stereocenters. The van der Waals surface area contributed by atoms with E-state index >= 15 is 0 Å². The molecule has 0 aromatic carbocycles. The van der Waals surface area contributed by atoms with Gasteiger partial charge in [0, 0.05) is 12.8 Å². The molecule has 5 heteroatoms. The summed E-state index contributed by atoms with van der Waals surface area (Å²) in [6.45, 7) is 3.94. The number of unbranched alkanes of at least 4 members (excludes halogenated alkanes) is 12. The Morgan fingerprint density at radius 2 is 0.935 bits per heavy atom. The molecule has 1 atom stereocenters. The number of carbonyl (C=O) groups is 2. The maximum absolute atomic E-state index is 12.1. The van der Waals surface area contributed by atoms with Crippen LogP contribution < -0.4 is 0 Å². The highest BCUT2D eigenvalue weighted by Gasteiger charge is 2.15. The summed E-state index contributed by atoms with van der Waals surface area (Å²) < 4.78 is 10.5. The molecular formula is C41H68O5. The van der Waals surface area contributed by atoms with Crippen molar-refractivity contribution in [2.24, 2.45) is 0 Å². The molecule has 0 heterocycles. The topological polar surface area (TPSA) is 72.8 Å². The largest absolute Gasteiger partial charge is 0.462 e. The summed E-state index contributed by atoms with van der Waals surface area (Å²) in [4.78, 5) is 24.2. The van der Waals surface area contributed by atoms with Gasteiger partial charge in [0.05, 0.1) is 6.61 Å². The van der Waals surface area contributed by atoms with Gasteiger partial charge >= 0.3 is 11.9 Å². The lowest BCUT2D eigenvalue weighted by molar-refractivity contribution is -0.161. The van der Waals surface area contributed by atoms with Gasteiger partial charge in [-0.15, -0.1) is 0 Å². The third kappa shape index (κ3) is 34.2. The van der Waals surface area contributed by atoms with E-state index in [0.717, 1.165) is 57.8 Å². The normalized spacial score (nSPS) is 13.0. The minimum atomic E-state index is -0.802. The van der Waals surface area contributed by atoms with Crippen molar-refractivity contribution in [1.82, 2.24) is 0 Å². The second kappa shape index (κ2) is 36.8. The predicted octanol–water partition coefficient (Wildman–Crippen LogP) is 11.4. The first-order valence-corrected chi connectivity index (χ1v) is 18.5. The maximum Gasteiger partial charge on any atom is 0.306 e. The van der Waals surface area contributed by atoms with E-state index in [1.807, 2.05) is 12.2 Å². The number of hydrogen-bond acceptors (Lipinski definition) is 5. The summed E-state index contributed by atoms with van der Waals surface area (Å²) in [7, 11) is 0. The first kappa shape index (κ1) is 43.3. The Kier molecular flexibility index (Phi) is 34.7. The van der Waals surface area contributed by atoms with Crippen molar-refractivity contribution in [3.05, 3.63) is 72.9 Å². The Labute approximate surface area is 283 Å². The molecule has 0 aliphatic carbocycles. The van der Waals surface area contributed by atoms with Gasteiger partial charge in [-0.25, -0.2) is 0 Å². The van der Waals surface area contributed by atoms with Crippen LogP contribution in [-0.4, -0.2) is 36.4 Å². The molecule has 5 nitrogen and oxygen atoms in total. The van der Waals surface area contributed by atoms with Gasteiger partial charge in [-0.1, -0.05) is 164 Å². The van der Waals surface area contributed by atoms with Crippen LogP contribution in [0.5, 0.6) is 0 Å². The number of esters is 2. The molecule has 1 N–H and O–H groups in total. The second-order valence-electron chi connectivity index (χ2n) is 11.9. The van der Waals surface area contributed by atoms with Gasteiger partial charge in [0.15, 0.2) is 6.10 Å². The van der Waals surface area contributed by atoms with Gasteiger partial charge in [0.1, 0.15) is 6.61 Å². The summed E-state index contributed by atoms with van der Waals surface area (Å²) in [5.74, 6) is -0.693. The third-order valence-electron chi connectivity index (χ3n) is 7.53. The van der Waals surface area contributed by atoms with E-state index in [1.165, 1.54) is 64.2 Å². The average molecular weight is 641 g/mol. The number of carbonyl (C=O) groups excluding carboxylic acids is 2. The Morgan fingerprint density at radius 3 is 1.37 bits per heavy atom. The number of rotatable bonds is 32. The Bertz CT molecular complexity index is 864. The molecule has 0 aromatic rings. The SMILES string of the molecule is CC/C=C\C/C=C/C/C=C/C/C=C/C/C=C/C/C=C/CCC(=O)OC[C@H](CO)OC(=O)CCCCCCCCCCCCCCC. The molecule has 0 saturated heterocycles. The third-order valence-corrected chi connectivity index (χ3v) is 7.53. The van der Waals surface area contributed by atoms with Crippen LogP contribution in [-0.2, 0) is 19.1 Å². The number of aliphatic hydroxyl groups excluding tert-OH is 1. The summed E-state index contributed by atoms with van der Waals surface area (Å²) in [6.07, 6.45) is 48.2. The van der Waals surface area contributed by atoms with Crippen molar-refractivity contribution < 1.29 is 24.2 Å². The smallest absolute Gasteiger partial charge is 0.306 e. The number of allylic oxidation sites excluding steroid dienone is 12.